The van der Waals surface area contributed by atoms with Crippen molar-refractivity contribution in [3.8, 4) is 5.69 Å². The number of para-hydroxylation sites is 1. The maximum atomic E-state index is 13.7. The Balaban J connectivity index is 1.87. The number of furan rings is 1. The highest BCUT2D eigenvalue weighted by Crippen LogP contribution is 2.25. The second-order valence-electron chi connectivity index (χ2n) is 8.51. The predicted octanol–water partition coefficient (Wildman–Crippen LogP) is 5.93. The summed E-state index contributed by atoms with van der Waals surface area (Å²) < 4.78 is 7.07. The van der Waals surface area contributed by atoms with Crippen LogP contribution >= 0.6 is 0 Å². The van der Waals surface area contributed by atoms with Gasteiger partial charge in [-0.2, -0.15) is 0 Å². The molecule has 0 aliphatic rings. The third-order valence-corrected chi connectivity index (χ3v) is 6.24. The molecule has 0 saturated carbocycles. The van der Waals surface area contributed by atoms with E-state index in [9.17, 15) is 9.59 Å². The first kappa shape index (κ1) is 23.5. The van der Waals surface area contributed by atoms with Crippen LogP contribution in [-0.2, 0) is 6.42 Å². The molecule has 0 saturated heterocycles. The fourth-order valence-corrected chi connectivity index (χ4v) is 4.24. The number of carbonyl (C=O) groups excluding carboxylic acids is 1. The van der Waals surface area contributed by atoms with Crippen molar-refractivity contribution < 1.29 is 9.21 Å². The number of fused-ring (bicyclic) bond motifs is 1. The van der Waals surface area contributed by atoms with E-state index in [1.165, 1.54) is 11.8 Å². The van der Waals surface area contributed by atoms with E-state index >= 15 is 0 Å². The summed E-state index contributed by atoms with van der Waals surface area (Å²) in [6.07, 6.45) is 5.32. The fraction of sp³-hybridized carbons (Fsp3) is 0.321. The number of hydrogen-bond donors (Lipinski definition) is 0. The molecule has 176 valence electrons. The van der Waals surface area contributed by atoms with Crippen molar-refractivity contribution in [2.45, 2.75) is 52.5 Å². The van der Waals surface area contributed by atoms with E-state index in [0.717, 1.165) is 31.4 Å². The number of carbonyl (C=O) groups is 1. The Hall–Kier alpha value is -3.67. The van der Waals surface area contributed by atoms with Crippen molar-refractivity contribution in [3.05, 3.63) is 94.4 Å². The molecule has 1 atom stereocenters. The Morgan fingerprint density at radius 2 is 1.79 bits per heavy atom. The number of rotatable bonds is 9. The van der Waals surface area contributed by atoms with Crippen LogP contribution in [0.4, 0.5) is 0 Å². The lowest BCUT2D eigenvalue weighted by Gasteiger charge is -2.30. The Labute approximate surface area is 199 Å². The van der Waals surface area contributed by atoms with Crippen molar-refractivity contribution in [1.29, 1.82) is 0 Å². The summed E-state index contributed by atoms with van der Waals surface area (Å²) in [6, 6.07) is 18.2. The monoisotopic (exact) mass is 457 g/mol. The van der Waals surface area contributed by atoms with Crippen molar-refractivity contribution in [1.82, 2.24) is 14.5 Å². The molecular weight excluding hydrogens is 426 g/mol. The van der Waals surface area contributed by atoms with Crippen molar-refractivity contribution in [2.75, 3.05) is 6.54 Å². The van der Waals surface area contributed by atoms with Crippen LogP contribution in [0.2, 0.25) is 0 Å². The zero-order valence-electron chi connectivity index (χ0n) is 20.0. The van der Waals surface area contributed by atoms with Crippen molar-refractivity contribution in [2.24, 2.45) is 0 Å². The van der Waals surface area contributed by atoms with Gasteiger partial charge in [0.15, 0.2) is 5.76 Å². The molecule has 0 aliphatic carbocycles. The lowest BCUT2D eigenvalue weighted by atomic mass is 10.1. The largest absolute Gasteiger partial charge is 0.459 e. The predicted molar refractivity (Wildman–Crippen MR) is 134 cm³/mol. The maximum Gasteiger partial charge on any atom is 0.290 e. The fourth-order valence-electron chi connectivity index (χ4n) is 4.24. The van der Waals surface area contributed by atoms with Gasteiger partial charge in [-0.1, -0.05) is 51.0 Å². The van der Waals surface area contributed by atoms with Crippen LogP contribution in [0.5, 0.6) is 0 Å². The Bertz CT molecular complexity index is 1310. The van der Waals surface area contributed by atoms with E-state index in [2.05, 4.69) is 13.8 Å². The second kappa shape index (κ2) is 10.5. The SMILES string of the molecule is CCCCCN(C(=O)c1ccco1)C(C)c1nc2ccccc2c(=O)n1-c1ccc(CC)cc1. The molecule has 1 amide bonds. The molecule has 2 heterocycles. The highest BCUT2D eigenvalue weighted by molar-refractivity contribution is 5.91. The molecule has 4 aromatic rings. The first-order chi connectivity index (χ1) is 16.5. The van der Waals surface area contributed by atoms with Gasteiger partial charge in [-0.3, -0.25) is 14.2 Å². The quantitative estimate of drug-likeness (QED) is 0.292. The van der Waals surface area contributed by atoms with Crippen LogP contribution in [0.25, 0.3) is 16.6 Å². The zero-order chi connectivity index (χ0) is 24.1. The standard InChI is InChI=1S/C28H31N3O3/c1-4-6-9-18-30(28(33)25-13-10-19-34-25)20(3)26-29-24-12-8-7-11-23(24)27(32)31(26)22-16-14-21(5-2)15-17-22/h7-8,10-17,19-20H,4-6,9,18H2,1-3H3. The molecule has 6 heteroatoms. The molecule has 0 N–H and O–H groups in total. The van der Waals surface area contributed by atoms with Crippen LogP contribution in [-0.4, -0.2) is 26.9 Å². The zero-order valence-corrected chi connectivity index (χ0v) is 20.0. The summed E-state index contributed by atoms with van der Waals surface area (Å²) in [7, 11) is 0. The van der Waals surface area contributed by atoms with E-state index in [1.54, 1.807) is 27.7 Å². The number of amides is 1. The van der Waals surface area contributed by atoms with E-state index < -0.39 is 6.04 Å². The van der Waals surface area contributed by atoms with Crippen LogP contribution < -0.4 is 5.56 Å². The molecule has 0 fully saturated rings. The third kappa shape index (κ3) is 4.67. The molecule has 34 heavy (non-hydrogen) atoms. The second-order valence-corrected chi connectivity index (χ2v) is 8.51. The normalized spacial score (nSPS) is 12.1. The van der Waals surface area contributed by atoms with E-state index in [4.69, 9.17) is 9.40 Å². The summed E-state index contributed by atoms with van der Waals surface area (Å²) in [4.78, 5) is 33.8. The number of benzene rings is 2. The average molecular weight is 458 g/mol. The van der Waals surface area contributed by atoms with E-state index in [1.807, 2.05) is 49.4 Å². The molecule has 2 aromatic carbocycles. The summed E-state index contributed by atoms with van der Waals surface area (Å²) in [6.45, 7) is 6.71. The third-order valence-electron chi connectivity index (χ3n) is 6.24. The summed E-state index contributed by atoms with van der Waals surface area (Å²) in [5, 5.41) is 0.549. The van der Waals surface area contributed by atoms with Gasteiger partial charge in [0, 0.05) is 6.54 Å². The van der Waals surface area contributed by atoms with Crippen LogP contribution in [0, 0.1) is 0 Å². The molecule has 4 rings (SSSR count). The Morgan fingerprint density at radius 3 is 2.47 bits per heavy atom. The lowest BCUT2D eigenvalue weighted by Crippen LogP contribution is -2.38. The number of aryl methyl sites for hydroxylation is 1. The van der Waals surface area contributed by atoms with Gasteiger partial charge in [0.05, 0.1) is 28.9 Å². The Morgan fingerprint density at radius 1 is 1.03 bits per heavy atom. The van der Waals surface area contributed by atoms with E-state index in [0.29, 0.717) is 23.3 Å². The number of aromatic nitrogens is 2. The number of unbranched alkanes of at least 4 members (excludes halogenated alkanes) is 2. The highest BCUT2D eigenvalue weighted by atomic mass is 16.3. The van der Waals surface area contributed by atoms with E-state index in [-0.39, 0.29) is 17.2 Å². The molecule has 0 bridgehead atoms. The smallest absolute Gasteiger partial charge is 0.290 e. The van der Waals surface area contributed by atoms with Gasteiger partial charge < -0.3 is 9.32 Å². The number of hydrogen-bond acceptors (Lipinski definition) is 4. The van der Waals surface area contributed by atoms with Crippen LogP contribution in [0.1, 0.15) is 68.0 Å². The minimum atomic E-state index is -0.447. The van der Waals surface area contributed by atoms with Crippen molar-refractivity contribution >= 4 is 16.8 Å². The van der Waals surface area contributed by atoms with Crippen LogP contribution in [0.3, 0.4) is 0 Å². The number of nitrogens with zero attached hydrogens (tertiary/aromatic N) is 3. The minimum absolute atomic E-state index is 0.143. The molecule has 1 unspecified atom stereocenters. The van der Waals surface area contributed by atoms with Gasteiger partial charge in [0.25, 0.3) is 11.5 Å². The summed E-state index contributed by atoms with van der Waals surface area (Å²) in [5.41, 5.74) is 2.40. The van der Waals surface area contributed by atoms with Gasteiger partial charge in [-0.25, -0.2) is 4.98 Å². The highest BCUT2D eigenvalue weighted by Gasteiger charge is 2.28. The average Bonchev–Trinajstić information content (AvgIpc) is 3.41. The van der Waals surface area contributed by atoms with Gasteiger partial charge in [-0.05, 0) is 61.7 Å². The summed E-state index contributed by atoms with van der Waals surface area (Å²) >= 11 is 0. The summed E-state index contributed by atoms with van der Waals surface area (Å²) in [5.74, 6) is 0.610. The molecule has 0 radical (unpaired) electrons. The topological polar surface area (TPSA) is 68.3 Å². The van der Waals surface area contributed by atoms with Crippen LogP contribution in [0.15, 0.2) is 76.1 Å². The van der Waals surface area contributed by atoms with Gasteiger partial charge >= 0.3 is 0 Å². The molecule has 0 spiro atoms. The maximum absolute atomic E-state index is 13.7. The minimum Gasteiger partial charge on any atom is -0.459 e. The molecule has 0 aliphatic heterocycles. The van der Waals surface area contributed by atoms with Gasteiger partial charge in [-0.15, -0.1) is 0 Å². The molecule has 6 nitrogen and oxygen atoms in total. The molecular formula is C28H31N3O3. The van der Waals surface area contributed by atoms with Gasteiger partial charge in [0.2, 0.25) is 0 Å². The molecule has 2 aromatic heterocycles. The lowest BCUT2D eigenvalue weighted by molar-refractivity contribution is 0.0644. The van der Waals surface area contributed by atoms with Gasteiger partial charge in [0.1, 0.15) is 5.82 Å². The first-order valence-corrected chi connectivity index (χ1v) is 12.0. The Kier molecular flexibility index (Phi) is 7.26. The van der Waals surface area contributed by atoms with Crippen molar-refractivity contribution in [3.63, 3.8) is 0 Å². The first-order valence-electron chi connectivity index (χ1n) is 12.0.